The van der Waals surface area contributed by atoms with Crippen molar-refractivity contribution in [1.29, 1.82) is 0 Å². The number of carbonyl (C=O) groups excluding carboxylic acids is 2. The molecule has 0 fully saturated rings. The first-order chi connectivity index (χ1) is 13.0. The Bertz CT molecular complexity index is 801. The van der Waals surface area contributed by atoms with Gasteiger partial charge in [-0.2, -0.15) is 5.10 Å². The van der Waals surface area contributed by atoms with E-state index in [2.05, 4.69) is 15.7 Å². The van der Waals surface area contributed by atoms with Crippen LogP contribution in [0, 0.1) is 0 Å². The summed E-state index contributed by atoms with van der Waals surface area (Å²) >= 11 is 0. The van der Waals surface area contributed by atoms with Crippen molar-refractivity contribution in [2.75, 3.05) is 6.54 Å². The Morgan fingerprint density at radius 1 is 1.11 bits per heavy atom. The van der Waals surface area contributed by atoms with Crippen molar-refractivity contribution in [2.24, 2.45) is 0 Å². The lowest BCUT2D eigenvalue weighted by atomic mass is 10.1. The monoisotopic (exact) mass is 372 g/mol. The van der Waals surface area contributed by atoms with Crippen LogP contribution in [0.5, 0.6) is 0 Å². The van der Waals surface area contributed by atoms with E-state index in [1.807, 2.05) is 24.3 Å². The molecule has 0 unspecified atom stereocenters. The van der Waals surface area contributed by atoms with Gasteiger partial charge in [-0.25, -0.2) is 9.48 Å². The second-order valence-corrected chi connectivity index (χ2v) is 6.19. The Hall–Kier alpha value is -3.16. The zero-order valence-electron chi connectivity index (χ0n) is 15.3. The number of rotatable bonds is 10. The normalized spacial score (nSPS) is 10.4. The minimum absolute atomic E-state index is 0.0211. The molecule has 27 heavy (non-hydrogen) atoms. The highest BCUT2D eigenvalue weighted by Gasteiger charge is 2.08. The standard InChI is InChI=1S/C19H24N4O4/c1-14(24)20-10-4-2-3-8-18(25)21-13-15-6-5-7-16(12-15)23-11-9-17(22-23)19(26)27/h5-7,9,11-12H,2-4,8,10,13H2,1H3,(H,20,24)(H,21,25)(H,26,27). The third-order valence-electron chi connectivity index (χ3n) is 3.93. The Labute approximate surface area is 157 Å². The zero-order valence-corrected chi connectivity index (χ0v) is 15.3. The lowest BCUT2D eigenvalue weighted by Gasteiger charge is -2.08. The molecule has 0 atom stereocenters. The number of aromatic carboxylic acids is 1. The smallest absolute Gasteiger partial charge is 0.356 e. The summed E-state index contributed by atoms with van der Waals surface area (Å²) in [5.74, 6) is -1.13. The van der Waals surface area contributed by atoms with Crippen LogP contribution < -0.4 is 10.6 Å². The summed E-state index contributed by atoms with van der Waals surface area (Å²) in [6, 6.07) is 8.83. The van der Waals surface area contributed by atoms with Crippen molar-refractivity contribution in [3.8, 4) is 5.69 Å². The first-order valence-corrected chi connectivity index (χ1v) is 8.85. The molecule has 0 bridgehead atoms. The number of hydrogen-bond acceptors (Lipinski definition) is 4. The van der Waals surface area contributed by atoms with Crippen LogP contribution in [0.25, 0.3) is 5.69 Å². The molecule has 1 heterocycles. The molecule has 1 aromatic heterocycles. The summed E-state index contributed by atoms with van der Waals surface area (Å²) in [5, 5.41) is 18.5. The number of nitrogens with one attached hydrogen (secondary N) is 2. The van der Waals surface area contributed by atoms with Crippen LogP contribution in [0.1, 0.15) is 48.7 Å². The zero-order chi connectivity index (χ0) is 19.6. The number of hydrogen-bond donors (Lipinski definition) is 3. The van der Waals surface area contributed by atoms with E-state index in [0.29, 0.717) is 19.5 Å². The van der Waals surface area contributed by atoms with E-state index in [1.165, 1.54) is 17.7 Å². The van der Waals surface area contributed by atoms with Gasteiger partial charge in [0.2, 0.25) is 11.8 Å². The molecule has 3 N–H and O–H groups in total. The number of carboxylic acids is 1. The summed E-state index contributed by atoms with van der Waals surface area (Å²) < 4.78 is 1.49. The SMILES string of the molecule is CC(=O)NCCCCCC(=O)NCc1cccc(-n2ccc(C(=O)O)n2)c1. The summed E-state index contributed by atoms with van der Waals surface area (Å²) in [6.07, 6.45) is 4.55. The van der Waals surface area contributed by atoms with E-state index < -0.39 is 5.97 Å². The van der Waals surface area contributed by atoms with Gasteiger partial charge in [-0.05, 0) is 36.6 Å². The first-order valence-electron chi connectivity index (χ1n) is 8.85. The third kappa shape index (κ3) is 6.93. The van der Waals surface area contributed by atoms with Crippen molar-refractivity contribution < 1.29 is 19.5 Å². The molecular weight excluding hydrogens is 348 g/mol. The lowest BCUT2D eigenvalue weighted by Crippen LogP contribution is -2.23. The fourth-order valence-electron chi connectivity index (χ4n) is 2.53. The predicted octanol–water partition coefficient (Wildman–Crippen LogP) is 1.88. The highest BCUT2D eigenvalue weighted by Crippen LogP contribution is 2.11. The van der Waals surface area contributed by atoms with Crippen molar-refractivity contribution in [3.05, 3.63) is 47.8 Å². The van der Waals surface area contributed by atoms with Gasteiger partial charge in [-0.1, -0.05) is 18.6 Å². The Kier molecular flexibility index (Phi) is 7.54. The van der Waals surface area contributed by atoms with Gasteiger partial charge >= 0.3 is 5.97 Å². The number of carboxylic acid groups (broad SMARTS) is 1. The van der Waals surface area contributed by atoms with Crippen molar-refractivity contribution >= 4 is 17.8 Å². The highest BCUT2D eigenvalue weighted by molar-refractivity contribution is 5.85. The highest BCUT2D eigenvalue weighted by atomic mass is 16.4. The van der Waals surface area contributed by atoms with Crippen LogP contribution in [0.4, 0.5) is 0 Å². The van der Waals surface area contributed by atoms with Crippen LogP contribution in [0.15, 0.2) is 36.5 Å². The minimum Gasteiger partial charge on any atom is -0.476 e. The van der Waals surface area contributed by atoms with E-state index in [-0.39, 0.29) is 17.5 Å². The maximum absolute atomic E-state index is 11.9. The van der Waals surface area contributed by atoms with Gasteiger partial charge in [-0.15, -0.1) is 0 Å². The number of benzene rings is 1. The number of unbranched alkanes of at least 4 members (excludes halogenated alkanes) is 2. The van der Waals surface area contributed by atoms with Crippen molar-refractivity contribution in [3.63, 3.8) is 0 Å². The van der Waals surface area contributed by atoms with E-state index in [1.54, 1.807) is 6.20 Å². The van der Waals surface area contributed by atoms with E-state index >= 15 is 0 Å². The molecule has 0 radical (unpaired) electrons. The summed E-state index contributed by atoms with van der Waals surface area (Å²) in [6.45, 7) is 2.52. The number of amides is 2. The van der Waals surface area contributed by atoms with Gasteiger partial charge in [0, 0.05) is 32.6 Å². The topological polar surface area (TPSA) is 113 Å². The second kappa shape index (κ2) is 10.1. The summed E-state index contributed by atoms with van der Waals surface area (Å²) in [5.41, 5.74) is 1.61. The van der Waals surface area contributed by atoms with Crippen molar-refractivity contribution in [1.82, 2.24) is 20.4 Å². The van der Waals surface area contributed by atoms with Gasteiger partial charge in [0.25, 0.3) is 0 Å². The second-order valence-electron chi connectivity index (χ2n) is 6.19. The molecule has 0 aliphatic rings. The maximum atomic E-state index is 11.9. The van der Waals surface area contributed by atoms with Crippen LogP contribution in [-0.2, 0) is 16.1 Å². The van der Waals surface area contributed by atoms with Gasteiger partial charge in [-0.3, -0.25) is 9.59 Å². The molecule has 0 aliphatic heterocycles. The van der Waals surface area contributed by atoms with Crippen LogP contribution in [0.2, 0.25) is 0 Å². The average Bonchev–Trinajstić information content (AvgIpc) is 3.13. The lowest BCUT2D eigenvalue weighted by molar-refractivity contribution is -0.121. The minimum atomic E-state index is -1.07. The molecular formula is C19H24N4O4. The third-order valence-corrected chi connectivity index (χ3v) is 3.93. The molecule has 0 spiro atoms. The molecule has 0 aliphatic carbocycles. The predicted molar refractivity (Wildman–Crippen MR) is 99.5 cm³/mol. The molecule has 144 valence electrons. The number of aromatic nitrogens is 2. The van der Waals surface area contributed by atoms with E-state index in [9.17, 15) is 14.4 Å². The Morgan fingerprint density at radius 3 is 2.63 bits per heavy atom. The van der Waals surface area contributed by atoms with E-state index in [4.69, 9.17) is 5.11 Å². The Balaban J connectivity index is 1.76. The summed E-state index contributed by atoms with van der Waals surface area (Å²) in [7, 11) is 0. The maximum Gasteiger partial charge on any atom is 0.356 e. The molecule has 0 saturated heterocycles. The molecule has 2 amide bonds. The number of carbonyl (C=O) groups is 3. The fraction of sp³-hybridized carbons (Fsp3) is 0.368. The molecule has 0 saturated carbocycles. The van der Waals surface area contributed by atoms with Gasteiger partial charge in [0.05, 0.1) is 5.69 Å². The first kappa shape index (κ1) is 20.2. The van der Waals surface area contributed by atoms with Gasteiger partial charge < -0.3 is 15.7 Å². The quantitative estimate of drug-likeness (QED) is 0.551. The molecule has 1 aromatic carbocycles. The van der Waals surface area contributed by atoms with Crippen LogP contribution in [-0.4, -0.2) is 39.2 Å². The van der Waals surface area contributed by atoms with Crippen LogP contribution in [0.3, 0.4) is 0 Å². The fourth-order valence-corrected chi connectivity index (χ4v) is 2.53. The van der Waals surface area contributed by atoms with Gasteiger partial charge in [0.15, 0.2) is 5.69 Å². The molecule has 2 aromatic rings. The average molecular weight is 372 g/mol. The van der Waals surface area contributed by atoms with E-state index in [0.717, 1.165) is 30.5 Å². The largest absolute Gasteiger partial charge is 0.476 e. The molecule has 8 nitrogen and oxygen atoms in total. The van der Waals surface area contributed by atoms with Gasteiger partial charge in [0.1, 0.15) is 0 Å². The van der Waals surface area contributed by atoms with Crippen molar-refractivity contribution in [2.45, 2.75) is 39.2 Å². The number of nitrogens with zero attached hydrogens (tertiary/aromatic N) is 2. The van der Waals surface area contributed by atoms with Crippen LogP contribution >= 0.6 is 0 Å². The molecule has 2 rings (SSSR count). The molecule has 8 heteroatoms. The Morgan fingerprint density at radius 2 is 1.93 bits per heavy atom. The summed E-state index contributed by atoms with van der Waals surface area (Å²) in [4.78, 5) is 33.6.